The standard InChI is InChI=1S/C23H25N5O5S/c1-13-9-10-16(33-13)19(22(30)26-12-15-8-5-11-32-15)28(14-6-3-2-4-7-14)23(31)20-17(24)18(21(25)29)27-34-20/h2-4,6-7,9-10,15,19H,5,8,11-12,24H2,1H3,(H2,25,29)(H,26,30)/t15-,19+/m0/s1. The number of nitrogen functional groups attached to an aromatic ring is 1. The number of para-hydroxylation sites is 1. The highest BCUT2D eigenvalue weighted by Crippen LogP contribution is 2.33. The highest BCUT2D eigenvalue weighted by atomic mass is 32.1. The zero-order chi connectivity index (χ0) is 24.2. The molecule has 10 nitrogen and oxygen atoms in total. The van der Waals surface area contributed by atoms with Gasteiger partial charge in [-0.25, -0.2) is 0 Å². The van der Waals surface area contributed by atoms with Gasteiger partial charge in [0.15, 0.2) is 11.7 Å². The average molecular weight is 484 g/mol. The van der Waals surface area contributed by atoms with Crippen molar-refractivity contribution >= 4 is 40.6 Å². The Kier molecular flexibility index (Phi) is 6.94. The van der Waals surface area contributed by atoms with Crippen molar-refractivity contribution in [1.29, 1.82) is 0 Å². The van der Waals surface area contributed by atoms with E-state index < -0.39 is 23.8 Å². The summed E-state index contributed by atoms with van der Waals surface area (Å²) in [7, 11) is 0. The second kappa shape index (κ2) is 10.1. The Bertz CT molecular complexity index is 1190. The van der Waals surface area contributed by atoms with Crippen LogP contribution in [0.25, 0.3) is 0 Å². The summed E-state index contributed by atoms with van der Waals surface area (Å²) >= 11 is 0.750. The zero-order valence-corrected chi connectivity index (χ0v) is 19.3. The number of carbonyl (C=O) groups is 3. The molecule has 4 rings (SSSR count). The van der Waals surface area contributed by atoms with E-state index in [0.29, 0.717) is 24.6 Å². The fourth-order valence-corrected chi connectivity index (χ4v) is 4.54. The molecular weight excluding hydrogens is 458 g/mol. The van der Waals surface area contributed by atoms with Crippen molar-refractivity contribution < 1.29 is 23.5 Å². The third-order valence-electron chi connectivity index (χ3n) is 5.47. The highest BCUT2D eigenvalue weighted by molar-refractivity contribution is 7.09. The smallest absolute Gasteiger partial charge is 0.273 e. The molecule has 3 amide bonds. The second-order valence-corrected chi connectivity index (χ2v) is 8.65. The number of nitrogens with one attached hydrogen (secondary N) is 1. The average Bonchev–Trinajstić information content (AvgIpc) is 3.57. The summed E-state index contributed by atoms with van der Waals surface area (Å²) in [5, 5.41) is 2.89. The normalized spacial score (nSPS) is 16.2. The number of amides is 3. The van der Waals surface area contributed by atoms with Gasteiger partial charge in [0.05, 0.1) is 11.8 Å². The van der Waals surface area contributed by atoms with E-state index in [1.54, 1.807) is 49.4 Å². The lowest BCUT2D eigenvalue weighted by Gasteiger charge is -2.30. The fraction of sp³-hybridized carbons (Fsp3) is 0.304. The fourth-order valence-electron chi connectivity index (χ4n) is 3.80. The summed E-state index contributed by atoms with van der Waals surface area (Å²) in [6, 6.07) is 10.9. The van der Waals surface area contributed by atoms with E-state index in [4.69, 9.17) is 20.6 Å². The van der Waals surface area contributed by atoms with Crippen LogP contribution in [0.1, 0.15) is 50.6 Å². The number of nitrogens with two attached hydrogens (primary N) is 2. The Morgan fingerprint density at radius 1 is 1.24 bits per heavy atom. The molecule has 11 heteroatoms. The van der Waals surface area contributed by atoms with Crippen molar-refractivity contribution in [2.24, 2.45) is 5.73 Å². The molecule has 1 aliphatic rings. The van der Waals surface area contributed by atoms with Gasteiger partial charge in [-0.15, -0.1) is 0 Å². The monoisotopic (exact) mass is 483 g/mol. The molecule has 1 aromatic carbocycles. The first-order valence-electron chi connectivity index (χ1n) is 10.8. The molecule has 0 unspecified atom stereocenters. The van der Waals surface area contributed by atoms with Crippen molar-refractivity contribution in [2.75, 3.05) is 23.8 Å². The van der Waals surface area contributed by atoms with Crippen LogP contribution < -0.4 is 21.7 Å². The predicted molar refractivity (Wildman–Crippen MR) is 126 cm³/mol. The van der Waals surface area contributed by atoms with Crippen molar-refractivity contribution in [1.82, 2.24) is 9.69 Å². The van der Waals surface area contributed by atoms with Gasteiger partial charge in [0.1, 0.15) is 16.4 Å². The maximum Gasteiger partial charge on any atom is 0.273 e. The molecule has 1 aliphatic heterocycles. The number of hydrogen-bond acceptors (Lipinski definition) is 8. The minimum absolute atomic E-state index is 0.00198. The van der Waals surface area contributed by atoms with E-state index in [2.05, 4.69) is 9.69 Å². The second-order valence-electron chi connectivity index (χ2n) is 7.88. The van der Waals surface area contributed by atoms with Gasteiger partial charge >= 0.3 is 0 Å². The lowest BCUT2D eigenvalue weighted by atomic mass is 10.1. The summed E-state index contributed by atoms with van der Waals surface area (Å²) in [5.74, 6) is -1.04. The number of primary amides is 1. The molecular formula is C23H25N5O5S. The lowest BCUT2D eigenvalue weighted by Crippen LogP contribution is -2.45. The largest absolute Gasteiger partial charge is 0.464 e. The molecule has 0 saturated carbocycles. The number of anilines is 2. The van der Waals surface area contributed by atoms with Crippen LogP contribution in [0.15, 0.2) is 46.9 Å². The zero-order valence-electron chi connectivity index (χ0n) is 18.5. The quantitative estimate of drug-likeness (QED) is 0.444. The molecule has 2 aromatic heterocycles. The predicted octanol–water partition coefficient (Wildman–Crippen LogP) is 2.41. The molecule has 0 radical (unpaired) electrons. The molecule has 0 spiro atoms. The topological polar surface area (TPSA) is 154 Å². The van der Waals surface area contributed by atoms with E-state index in [1.165, 1.54) is 4.90 Å². The van der Waals surface area contributed by atoms with E-state index in [1.807, 2.05) is 0 Å². The third kappa shape index (κ3) is 4.80. The molecule has 0 aliphatic carbocycles. The Labute approximate surface area is 200 Å². The van der Waals surface area contributed by atoms with Crippen LogP contribution >= 0.6 is 11.5 Å². The van der Waals surface area contributed by atoms with E-state index in [9.17, 15) is 14.4 Å². The van der Waals surface area contributed by atoms with Crippen LogP contribution in [0.4, 0.5) is 11.4 Å². The number of furan rings is 1. The molecule has 3 heterocycles. The maximum atomic E-state index is 13.8. The summed E-state index contributed by atoms with van der Waals surface area (Å²) in [5.41, 5.74) is 11.5. The first kappa shape index (κ1) is 23.5. The number of aryl methyl sites for hydroxylation is 1. The number of rotatable bonds is 8. The minimum atomic E-state index is -1.15. The van der Waals surface area contributed by atoms with E-state index in [-0.39, 0.29) is 28.1 Å². The van der Waals surface area contributed by atoms with Gasteiger partial charge in [-0.05, 0) is 55.6 Å². The summed E-state index contributed by atoms with van der Waals surface area (Å²) in [6.07, 6.45) is 1.70. The van der Waals surface area contributed by atoms with Crippen LogP contribution in [-0.4, -0.2) is 41.4 Å². The summed E-state index contributed by atoms with van der Waals surface area (Å²) in [4.78, 5) is 40.3. The van der Waals surface area contributed by atoms with Gasteiger partial charge in [0.2, 0.25) is 0 Å². The Balaban J connectivity index is 1.76. The Hall–Kier alpha value is -3.70. The number of hydrogen-bond donors (Lipinski definition) is 3. The Morgan fingerprint density at radius 3 is 2.59 bits per heavy atom. The molecule has 5 N–H and O–H groups in total. The van der Waals surface area contributed by atoms with Crippen LogP contribution in [0.2, 0.25) is 0 Å². The van der Waals surface area contributed by atoms with Gasteiger partial charge in [-0.2, -0.15) is 4.37 Å². The van der Waals surface area contributed by atoms with E-state index in [0.717, 1.165) is 24.4 Å². The number of ether oxygens (including phenoxy) is 1. The van der Waals surface area contributed by atoms with Gasteiger partial charge in [0, 0.05) is 18.8 Å². The molecule has 0 bridgehead atoms. The molecule has 34 heavy (non-hydrogen) atoms. The number of carbonyl (C=O) groups excluding carboxylic acids is 3. The lowest BCUT2D eigenvalue weighted by molar-refractivity contribution is -0.123. The van der Waals surface area contributed by atoms with E-state index >= 15 is 0 Å². The molecule has 3 aromatic rings. The third-order valence-corrected chi connectivity index (χ3v) is 6.32. The van der Waals surface area contributed by atoms with Gasteiger partial charge < -0.3 is 25.9 Å². The highest BCUT2D eigenvalue weighted by Gasteiger charge is 2.38. The maximum absolute atomic E-state index is 13.8. The number of benzene rings is 1. The molecule has 2 atom stereocenters. The van der Waals surface area contributed by atoms with Crippen molar-refractivity contribution in [2.45, 2.75) is 31.9 Å². The number of nitrogens with zero attached hydrogens (tertiary/aromatic N) is 2. The van der Waals surface area contributed by atoms with Crippen LogP contribution in [0, 0.1) is 6.92 Å². The molecule has 1 fully saturated rings. The van der Waals surface area contributed by atoms with Crippen molar-refractivity contribution in [3.05, 3.63) is 64.6 Å². The van der Waals surface area contributed by atoms with Gasteiger partial charge in [0.25, 0.3) is 17.7 Å². The Morgan fingerprint density at radius 2 is 2.00 bits per heavy atom. The van der Waals surface area contributed by atoms with Gasteiger partial charge in [-0.1, -0.05) is 18.2 Å². The van der Waals surface area contributed by atoms with Crippen LogP contribution in [0.5, 0.6) is 0 Å². The number of aromatic nitrogens is 1. The SMILES string of the molecule is Cc1ccc([C@H](C(=O)NC[C@@H]2CCCO2)N(C(=O)c2snc(C(N)=O)c2N)c2ccccc2)o1. The van der Waals surface area contributed by atoms with Crippen LogP contribution in [-0.2, 0) is 9.53 Å². The summed E-state index contributed by atoms with van der Waals surface area (Å²) < 4.78 is 15.3. The van der Waals surface area contributed by atoms with Crippen molar-refractivity contribution in [3.8, 4) is 0 Å². The first-order valence-corrected chi connectivity index (χ1v) is 11.5. The van der Waals surface area contributed by atoms with Crippen molar-refractivity contribution in [3.63, 3.8) is 0 Å². The molecule has 178 valence electrons. The minimum Gasteiger partial charge on any atom is -0.464 e. The van der Waals surface area contributed by atoms with Crippen LogP contribution in [0.3, 0.4) is 0 Å². The first-order chi connectivity index (χ1) is 16.4. The molecule has 1 saturated heterocycles. The van der Waals surface area contributed by atoms with Gasteiger partial charge in [-0.3, -0.25) is 19.3 Å². The summed E-state index contributed by atoms with van der Waals surface area (Å²) in [6.45, 7) is 2.71.